The van der Waals surface area contributed by atoms with Crippen molar-refractivity contribution in [1.82, 2.24) is 15.2 Å². The molecule has 1 amide bonds. The first-order valence-corrected chi connectivity index (χ1v) is 6.87. The summed E-state index contributed by atoms with van der Waals surface area (Å²) in [5, 5.41) is 3.36. The van der Waals surface area contributed by atoms with E-state index in [-0.39, 0.29) is 17.4 Å². The minimum Gasteiger partial charge on any atom is -0.333 e. The third kappa shape index (κ3) is 3.77. The van der Waals surface area contributed by atoms with Gasteiger partial charge in [0.25, 0.3) is 0 Å². The summed E-state index contributed by atoms with van der Waals surface area (Å²) in [6.45, 7) is 8.76. The summed E-state index contributed by atoms with van der Waals surface area (Å²) in [6, 6.07) is 4.08. The van der Waals surface area contributed by atoms with E-state index in [9.17, 15) is 4.79 Å². The highest BCUT2D eigenvalue weighted by molar-refractivity contribution is 5.77. The Morgan fingerprint density at radius 2 is 2.32 bits per heavy atom. The van der Waals surface area contributed by atoms with Crippen molar-refractivity contribution in [3.63, 3.8) is 0 Å². The number of rotatable bonds is 2. The number of aromatic nitrogens is 1. The van der Waals surface area contributed by atoms with Gasteiger partial charge in [-0.2, -0.15) is 0 Å². The van der Waals surface area contributed by atoms with Crippen LogP contribution in [0.5, 0.6) is 0 Å². The van der Waals surface area contributed by atoms with Gasteiger partial charge in [-0.25, -0.2) is 0 Å². The highest BCUT2D eigenvalue weighted by atomic mass is 16.2. The van der Waals surface area contributed by atoms with Gasteiger partial charge in [-0.05, 0) is 17.0 Å². The average molecular weight is 261 g/mol. The first-order chi connectivity index (χ1) is 8.97. The molecule has 1 aromatic rings. The van der Waals surface area contributed by atoms with Crippen molar-refractivity contribution < 1.29 is 4.79 Å². The lowest BCUT2D eigenvalue weighted by atomic mass is 9.91. The van der Waals surface area contributed by atoms with Crippen LogP contribution in [0.15, 0.2) is 24.5 Å². The summed E-state index contributed by atoms with van der Waals surface area (Å²) in [5.41, 5.74) is 1.14. The Morgan fingerprint density at radius 3 is 2.95 bits per heavy atom. The Kier molecular flexibility index (Phi) is 4.20. The van der Waals surface area contributed by atoms with Gasteiger partial charge in [0.1, 0.15) is 0 Å². The van der Waals surface area contributed by atoms with Crippen LogP contribution >= 0.6 is 0 Å². The summed E-state index contributed by atoms with van der Waals surface area (Å²) in [5.74, 6) is 0.239. The Balaban J connectivity index is 2.15. The molecule has 0 bridgehead atoms. The lowest BCUT2D eigenvalue weighted by molar-refractivity contribution is -0.136. The first kappa shape index (κ1) is 14.0. The molecule has 0 radical (unpaired) electrons. The molecule has 0 spiro atoms. The van der Waals surface area contributed by atoms with Crippen molar-refractivity contribution >= 4 is 5.91 Å². The minimum absolute atomic E-state index is 0.0292. The van der Waals surface area contributed by atoms with Crippen LogP contribution in [0, 0.1) is 5.41 Å². The minimum atomic E-state index is 0.0292. The molecule has 0 aliphatic carbocycles. The number of nitrogens with zero attached hydrogens (tertiary/aromatic N) is 2. The van der Waals surface area contributed by atoms with Gasteiger partial charge in [-0.3, -0.25) is 9.78 Å². The smallest absolute Gasteiger partial charge is 0.223 e. The lowest BCUT2D eigenvalue weighted by Crippen LogP contribution is -2.49. The average Bonchev–Trinajstić information content (AvgIpc) is 2.38. The monoisotopic (exact) mass is 261 g/mol. The van der Waals surface area contributed by atoms with Crippen molar-refractivity contribution in [3.05, 3.63) is 30.1 Å². The normalized spacial score (nSPS) is 20.4. The summed E-state index contributed by atoms with van der Waals surface area (Å²) >= 11 is 0. The molecular weight excluding hydrogens is 238 g/mol. The van der Waals surface area contributed by atoms with Gasteiger partial charge < -0.3 is 10.2 Å². The van der Waals surface area contributed by atoms with Crippen LogP contribution in [0.3, 0.4) is 0 Å². The standard InChI is InChI=1S/C15H23N3O/c1-15(2,3)9-14(19)18-8-7-17-11-13(18)12-5-4-6-16-10-12/h4-6,10,13,17H,7-9,11H2,1-3H3. The zero-order chi connectivity index (χ0) is 13.9. The molecule has 1 unspecified atom stereocenters. The molecule has 2 heterocycles. The molecule has 1 atom stereocenters. The second-order valence-electron chi connectivity index (χ2n) is 6.33. The molecule has 4 nitrogen and oxygen atoms in total. The number of carbonyl (C=O) groups is 1. The van der Waals surface area contributed by atoms with Crippen molar-refractivity contribution in [2.24, 2.45) is 5.41 Å². The van der Waals surface area contributed by atoms with E-state index in [1.165, 1.54) is 0 Å². The second kappa shape index (κ2) is 5.70. The Hall–Kier alpha value is -1.42. The van der Waals surface area contributed by atoms with Crippen LogP contribution in [-0.4, -0.2) is 35.4 Å². The van der Waals surface area contributed by atoms with E-state index < -0.39 is 0 Å². The van der Waals surface area contributed by atoms with E-state index in [0.717, 1.165) is 25.2 Å². The topological polar surface area (TPSA) is 45.2 Å². The number of piperazine rings is 1. The lowest BCUT2D eigenvalue weighted by Gasteiger charge is -2.37. The van der Waals surface area contributed by atoms with Gasteiger partial charge in [0.05, 0.1) is 6.04 Å². The molecule has 1 aromatic heterocycles. The molecule has 104 valence electrons. The van der Waals surface area contributed by atoms with Crippen molar-refractivity contribution in [1.29, 1.82) is 0 Å². The summed E-state index contributed by atoms with van der Waals surface area (Å²) in [4.78, 5) is 18.6. The van der Waals surface area contributed by atoms with Gasteiger partial charge in [-0.15, -0.1) is 0 Å². The molecule has 4 heteroatoms. The molecule has 0 saturated carbocycles. The molecule has 1 aliphatic rings. The van der Waals surface area contributed by atoms with Crippen molar-refractivity contribution in [3.8, 4) is 0 Å². The van der Waals surface area contributed by atoms with Crippen molar-refractivity contribution in [2.75, 3.05) is 19.6 Å². The predicted octanol–water partition coefficient (Wildman–Crippen LogP) is 1.99. The summed E-state index contributed by atoms with van der Waals surface area (Å²) < 4.78 is 0. The third-order valence-electron chi connectivity index (χ3n) is 3.31. The third-order valence-corrected chi connectivity index (χ3v) is 3.31. The fourth-order valence-corrected chi connectivity index (χ4v) is 2.43. The molecule has 0 aromatic carbocycles. The van der Waals surface area contributed by atoms with Crippen LogP contribution in [0.4, 0.5) is 0 Å². The van der Waals surface area contributed by atoms with Crippen LogP contribution in [0.1, 0.15) is 38.8 Å². The maximum absolute atomic E-state index is 12.5. The number of nitrogens with one attached hydrogen (secondary N) is 1. The summed E-state index contributed by atoms with van der Waals surface area (Å²) in [6.07, 6.45) is 4.21. The van der Waals surface area contributed by atoms with Gasteiger partial charge in [0, 0.05) is 38.4 Å². The quantitative estimate of drug-likeness (QED) is 0.885. The molecule has 1 aliphatic heterocycles. The van der Waals surface area contributed by atoms with Gasteiger partial charge in [0.2, 0.25) is 5.91 Å². The zero-order valence-electron chi connectivity index (χ0n) is 12.0. The molecule has 1 saturated heterocycles. The highest BCUT2D eigenvalue weighted by Gasteiger charge is 2.30. The first-order valence-electron chi connectivity index (χ1n) is 6.87. The van der Waals surface area contributed by atoms with E-state index in [0.29, 0.717) is 6.42 Å². The number of hydrogen-bond donors (Lipinski definition) is 1. The molecule has 2 rings (SSSR count). The highest BCUT2D eigenvalue weighted by Crippen LogP contribution is 2.26. The number of hydrogen-bond acceptors (Lipinski definition) is 3. The Labute approximate surface area is 115 Å². The van der Waals surface area contributed by atoms with Crippen LogP contribution in [-0.2, 0) is 4.79 Å². The Morgan fingerprint density at radius 1 is 1.53 bits per heavy atom. The van der Waals surface area contributed by atoms with Crippen LogP contribution < -0.4 is 5.32 Å². The van der Waals surface area contributed by atoms with Crippen LogP contribution in [0.2, 0.25) is 0 Å². The maximum atomic E-state index is 12.5. The molecule has 1 N–H and O–H groups in total. The Bertz CT molecular complexity index is 425. The zero-order valence-corrected chi connectivity index (χ0v) is 12.0. The second-order valence-corrected chi connectivity index (χ2v) is 6.33. The molecular formula is C15H23N3O. The number of carbonyl (C=O) groups excluding carboxylic acids is 1. The fourth-order valence-electron chi connectivity index (χ4n) is 2.43. The van der Waals surface area contributed by atoms with E-state index in [1.54, 1.807) is 6.20 Å². The van der Waals surface area contributed by atoms with Crippen LogP contribution in [0.25, 0.3) is 0 Å². The summed E-state index contributed by atoms with van der Waals surface area (Å²) in [7, 11) is 0. The van der Waals surface area contributed by atoms with E-state index in [2.05, 4.69) is 31.1 Å². The fraction of sp³-hybridized carbons (Fsp3) is 0.600. The van der Waals surface area contributed by atoms with E-state index in [1.807, 2.05) is 23.2 Å². The molecule has 19 heavy (non-hydrogen) atoms. The van der Waals surface area contributed by atoms with Gasteiger partial charge in [-0.1, -0.05) is 26.8 Å². The maximum Gasteiger partial charge on any atom is 0.223 e. The predicted molar refractivity (Wildman–Crippen MR) is 75.6 cm³/mol. The largest absolute Gasteiger partial charge is 0.333 e. The van der Waals surface area contributed by atoms with E-state index >= 15 is 0 Å². The van der Waals surface area contributed by atoms with Gasteiger partial charge >= 0.3 is 0 Å². The van der Waals surface area contributed by atoms with Gasteiger partial charge in [0.15, 0.2) is 0 Å². The van der Waals surface area contributed by atoms with Crippen molar-refractivity contribution in [2.45, 2.75) is 33.2 Å². The SMILES string of the molecule is CC(C)(C)CC(=O)N1CCNCC1c1cccnc1. The number of pyridine rings is 1. The molecule has 1 fully saturated rings. The van der Waals surface area contributed by atoms with E-state index in [4.69, 9.17) is 0 Å². The number of amides is 1.